The number of hydrogen-bond acceptors (Lipinski definition) is 5. The Balaban J connectivity index is 3.39. The van der Waals surface area contributed by atoms with Crippen molar-refractivity contribution in [3.05, 3.63) is 36.5 Å². The molecule has 0 aromatic rings. The maximum Gasteiger partial charge on any atom is 0.305 e. The molecule has 0 aliphatic rings. The predicted molar refractivity (Wildman–Crippen MR) is 347 cm³/mol. The summed E-state index contributed by atoms with van der Waals surface area (Å²) in [6.45, 7) is 4.96. The molecule has 79 heavy (non-hydrogen) atoms. The molecule has 0 rings (SSSR count). The van der Waals surface area contributed by atoms with E-state index in [-0.39, 0.29) is 18.5 Å². The third-order valence-electron chi connectivity index (χ3n) is 16.7. The molecule has 0 aromatic heterocycles. The number of amides is 1. The summed E-state index contributed by atoms with van der Waals surface area (Å²) < 4.78 is 5.49. The second kappa shape index (κ2) is 68.6. The van der Waals surface area contributed by atoms with E-state index in [9.17, 15) is 19.8 Å². The summed E-state index contributed by atoms with van der Waals surface area (Å²) in [6.07, 6.45) is 87.6. The summed E-state index contributed by atoms with van der Waals surface area (Å²) in [5, 5.41) is 23.4. The van der Waals surface area contributed by atoms with Crippen LogP contribution in [0.4, 0.5) is 0 Å². The molecular formula is C73H139NO5. The number of carbonyl (C=O) groups excluding carboxylic acids is 2. The molecule has 466 valence electrons. The highest BCUT2D eigenvalue weighted by molar-refractivity contribution is 5.76. The van der Waals surface area contributed by atoms with Gasteiger partial charge in [0.1, 0.15) is 0 Å². The number of hydrogen-bond donors (Lipinski definition) is 3. The number of nitrogens with one attached hydrogen (secondary N) is 1. The fraction of sp³-hybridized carbons (Fsp3) is 0.890. The first-order valence-corrected chi connectivity index (χ1v) is 35.7. The third-order valence-corrected chi connectivity index (χ3v) is 16.7. The van der Waals surface area contributed by atoms with Crippen LogP contribution in [0.1, 0.15) is 393 Å². The quantitative estimate of drug-likeness (QED) is 0.0320. The molecule has 2 unspecified atom stereocenters. The Bertz CT molecular complexity index is 1280. The molecule has 0 fully saturated rings. The number of unbranched alkanes of at least 4 members (excludes halogenated alkanes) is 50. The first-order valence-electron chi connectivity index (χ1n) is 35.7. The molecule has 0 aromatic carbocycles. The maximum atomic E-state index is 12.5. The molecule has 2 atom stereocenters. The number of ether oxygens (including phenoxy) is 1. The van der Waals surface area contributed by atoms with Gasteiger partial charge in [0.2, 0.25) is 5.91 Å². The number of aliphatic hydroxyl groups is 2. The van der Waals surface area contributed by atoms with Gasteiger partial charge in [0.05, 0.1) is 25.4 Å². The number of allylic oxidation sites excluding steroid dienone is 6. The van der Waals surface area contributed by atoms with Gasteiger partial charge >= 0.3 is 5.97 Å². The van der Waals surface area contributed by atoms with E-state index in [4.69, 9.17) is 4.74 Å². The fourth-order valence-corrected chi connectivity index (χ4v) is 11.2. The zero-order valence-electron chi connectivity index (χ0n) is 53.4. The summed E-state index contributed by atoms with van der Waals surface area (Å²) >= 11 is 0. The lowest BCUT2D eigenvalue weighted by Gasteiger charge is -2.22. The van der Waals surface area contributed by atoms with Crippen molar-refractivity contribution in [2.45, 2.75) is 405 Å². The average molecular weight is 1110 g/mol. The van der Waals surface area contributed by atoms with Crippen molar-refractivity contribution in [1.82, 2.24) is 5.32 Å². The van der Waals surface area contributed by atoms with E-state index in [1.165, 1.54) is 308 Å². The molecule has 0 saturated carbocycles. The highest BCUT2D eigenvalue weighted by atomic mass is 16.5. The van der Waals surface area contributed by atoms with E-state index in [2.05, 4.69) is 55.6 Å². The molecule has 0 radical (unpaired) electrons. The van der Waals surface area contributed by atoms with Crippen LogP contribution in [0.15, 0.2) is 36.5 Å². The summed E-state index contributed by atoms with van der Waals surface area (Å²) in [5.41, 5.74) is 0. The Morgan fingerprint density at radius 2 is 0.633 bits per heavy atom. The molecule has 6 heteroatoms. The Hall–Kier alpha value is -1.92. The normalized spacial score (nSPS) is 12.7. The van der Waals surface area contributed by atoms with Crippen LogP contribution in [-0.2, 0) is 14.3 Å². The van der Waals surface area contributed by atoms with Gasteiger partial charge in [0, 0.05) is 12.8 Å². The smallest absolute Gasteiger partial charge is 0.305 e. The summed E-state index contributed by atoms with van der Waals surface area (Å²) in [6, 6.07) is -0.543. The van der Waals surface area contributed by atoms with E-state index in [0.29, 0.717) is 25.9 Å². The van der Waals surface area contributed by atoms with Crippen LogP contribution in [0, 0.1) is 0 Å². The minimum Gasteiger partial charge on any atom is -0.466 e. The number of aliphatic hydroxyl groups excluding tert-OH is 2. The monoisotopic (exact) mass is 1110 g/mol. The number of rotatable bonds is 67. The Morgan fingerprint density at radius 3 is 0.987 bits per heavy atom. The number of esters is 1. The minimum atomic E-state index is -0.666. The van der Waals surface area contributed by atoms with Gasteiger partial charge in [-0.1, -0.05) is 333 Å². The van der Waals surface area contributed by atoms with Crippen LogP contribution in [-0.4, -0.2) is 47.4 Å². The largest absolute Gasteiger partial charge is 0.466 e. The predicted octanol–water partition coefficient (Wildman–Crippen LogP) is 23.1. The molecule has 0 aliphatic carbocycles. The molecule has 0 aliphatic heterocycles. The zero-order valence-corrected chi connectivity index (χ0v) is 53.4. The fourth-order valence-electron chi connectivity index (χ4n) is 11.2. The Kier molecular flexibility index (Phi) is 66.9. The van der Waals surface area contributed by atoms with Crippen molar-refractivity contribution < 1.29 is 24.5 Å². The van der Waals surface area contributed by atoms with Crippen LogP contribution < -0.4 is 5.32 Å². The maximum absolute atomic E-state index is 12.5. The minimum absolute atomic E-state index is 0.00215. The van der Waals surface area contributed by atoms with Crippen LogP contribution >= 0.6 is 0 Å². The molecule has 3 N–H and O–H groups in total. The SMILES string of the molecule is CCCCCC/C=C\C/C=C\CCCCCCCC(=O)OCCCCCCCCCCCCCC/C=C\CCCCCCCCCCCCCC(=O)NC(CO)C(O)CCCCCCCCCCCCCCCCCCCCC. The van der Waals surface area contributed by atoms with E-state index in [1.807, 2.05) is 0 Å². The van der Waals surface area contributed by atoms with Gasteiger partial charge in [-0.05, 0) is 83.5 Å². The molecule has 0 bridgehead atoms. The summed E-state index contributed by atoms with van der Waals surface area (Å²) in [5.74, 6) is -0.0301. The third kappa shape index (κ3) is 65.1. The van der Waals surface area contributed by atoms with Gasteiger partial charge in [-0.15, -0.1) is 0 Å². The van der Waals surface area contributed by atoms with Gasteiger partial charge in [0.25, 0.3) is 0 Å². The van der Waals surface area contributed by atoms with Crippen LogP contribution in [0.25, 0.3) is 0 Å². The Morgan fingerprint density at radius 1 is 0.354 bits per heavy atom. The van der Waals surface area contributed by atoms with Crippen LogP contribution in [0.3, 0.4) is 0 Å². The highest BCUT2D eigenvalue weighted by Crippen LogP contribution is 2.19. The van der Waals surface area contributed by atoms with Gasteiger partial charge in [-0.2, -0.15) is 0 Å². The number of carbonyl (C=O) groups is 2. The summed E-state index contributed by atoms with van der Waals surface area (Å²) in [7, 11) is 0. The first kappa shape index (κ1) is 77.1. The van der Waals surface area contributed by atoms with Gasteiger partial charge in [-0.25, -0.2) is 0 Å². The van der Waals surface area contributed by atoms with Crippen LogP contribution in [0.5, 0.6) is 0 Å². The van der Waals surface area contributed by atoms with Gasteiger partial charge in [0.15, 0.2) is 0 Å². The molecular weight excluding hydrogens is 971 g/mol. The standard InChI is InChI=1S/C73H139NO5/c1-3-5-7-9-11-13-15-17-19-21-31-34-37-41-45-49-53-57-61-65-71(76)70(69-75)74-72(77)66-62-58-54-50-46-42-38-35-32-29-27-25-23-22-24-26-28-30-33-36-40-44-48-52-56-60-64-68-79-73(78)67-63-59-55-51-47-43-39-20-18-16-14-12-10-8-6-4-2/h14,16,20,22-23,39,70-71,75-76H,3-13,15,17-19,21,24-38,40-69H2,1-2H3,(H,74,77)/b16-14-,23-22-,39-20-. The summed E-state index contributed by atoms with van der Waals surface area (Å²) in [4.78, 5) is 24.6. The molecule has 0 heterocycles. The van der Waals surface area contributed by atoms with E-state index in [0.717, 1.165) is 51.4 Å². The van der Waals surface area contributed by atoms with Crippen molar-refractivity contribution in [1.29, 1.82) is 0 Å². The molecule has 1 amide bonds. The lowest BCUT2D eigenvalue weighted by molar-refractivity contribution is -0.143. The van der Waals surface area contributed by atoms with E-state index in [1.54, 1.807) is 0 Å². The molecule has 0 spiro atoms. The van der Waals surface area contributed by atoms with Crippen molar-refractivity contribution in [2.24, 2.45) is 0 Å². The lowest BCUT2D eigenvalue weighted by atomic mass is 10.0. The van der Waals surface area contributed by atoms with Gasteiger partial charge < -0.3 is 20.3 Å². The van der Waals surface area contributed by atoms with Crippen molar-refractivity contribution in [3.8, 4) is 0 Å². The Labute approximate surface area is 494 Å². The second-order valence-electron chi connectivity index (χ2n) is 24.6. The average Bonchev–Trinajstić information content (AvgIpc) is 3.45. The lowest BCUT2D eigenvalue weighted by Crippen LogP contribution is -2.45. The zero-order chi connectivity index (χ0) is 57.1. The molecule has 6 nitrogen and oxygen atoms in total. The van der Waals surface area contributed by atoms with E-state index < -0.39 is 12.1 Å². The van der Waals surface area contributed by atoms with Gasteiger partial charge in [-0.3, -0.25) is 9.59 Å². The van der Waals surface area contributed by atoms with E-state index >= 15 is 0 Å². The second-order valence-corrected chi connectivity index (χ2v) is 24.6. The van der Waals surface area contributed by atoms with Crippen molar-refractivity contribution in [3.63, 3.8) is 0 Å². The van der Waals surface area contributed by atoms with Crippen LogP contribution in [0.2, 0.25) is 0 Å². The van der Waals surface area contributed by atoms with Crippen molar-refractivity contribution >= 4 is 11.9 Å². The highest BCUT2D eigenvalue weighted by Gasteiger charge is 2.20. The first-order chi connectivity index (χ1) is 39.0. The van der Waals surface area contributed by atoms with Crippen molar-refractivity contribution in [2.75, 3.05) is 13.2 Å². The molecule has 0 saturated heterocycles. The topological polar surface area (TPSA) is 95.9 Å².